The summed E-state index contributed by atoms with van der Waals surface area (Å²) in [6, 6.07) is 2.71. The van der Waals surface area contributed by atoms with Crippen LogP contribution in [-0.4, -0.2) is 38.7 Å². The SMILES string of the molecule is COC(=O)C(C)(C)[C@H](O)[C@@H](NS(=O)(=O)c1c(C)cc(C)cc1C)C(C)(C)C. The van der Waals surface area contributed by atoms with E-state index in [0.717, 1.165) is 5.56 Å². The zero-order chi connectivity index (χ0) is 21.4. The van der Waals surface area contributed by atoms with E-state index in [1.807, 2.05) is 39.8 Å². The lowest BCUT2D eigenvalue weighted by Crippen LogP contribution is -2.57. The van der Waals surface area contributed by atoms with Crippen molar-refractivity contribution in [2.45, 2.75) is 72.4 Å². The first-order chi connectivity index (χ1) is 12.1. The Hall–Kier alpha value is -1.44. The minimum Gasteiger partial charge on any atom is -0.469 e. The van der Waals surface area contributed by atoms with Crippen molar-refractivity contribution in [3.63, 3.8) is 0 Å². The maximum Gasteiger partial charge on any atom is 0.313 e. The van der Waals surface area contributed by atoms with Crippen LogP contribution < -0.4 is 4.72 Å². The van der Waals surface area contributed by atoms with Gasteiger partial charge in [0.1, 0.15) is 0 Å². The molecule has 0 saturated carbocycles. The number of ether oxygens (including phenoxy) is 1. The Bertz CT molecular complexity index is 783. The number of rotatable bonds is 6. The fourth-order valence-corrected chi connectivity index (χ4v) is 5.23. The molecule has 0 bridgehead atoms. The molecule has 2 atom stereocenters. The number of aliphatic hydroxyl groups excluding tert-OH is 1. The van der Waals surface area contributed by atoms with E-state index in [9.17, 15) is 18.3 Å². The Labute approximate surface area is 163 Å². The summed E-state index contributed by atoms with van der Waals surface area (Å²) in [6.07, 6.45) is -1.29. The molecule has 6 nitrogen and oxygen atoms in total. The lowest BCUT2D eigenvalue weighted by molar-refractivity contribution is -0.159. The average Bonchev–Trinajstić information content (AvgIpc) is 2.48. The van der Waals surface area contributed by atoms with Crippen molar-refractivity contribution in [3.8, 4) is 0 Å². The number of aryl methyl sites for hydroxylation is 3. The van der Waals surface area contributed by atoms with Crippen LogP contribution in [0.5, 0.6) is 0 Å². The first-order valence-electron chi connectivity index (χ1n) is 8.92. The highest BCUT2D eigenvalue weighted by molar-refractivity contribution is 7.89. The molecule has 1 aromatic rings. The number of aliphatic hydroxyl groups is 1. The zero-order valence-corrected chi connectivity index (χ0v) is 18.6. The van der Waals surface area contributed by atoms with Crippen LogP contribution in [0.1, 0.15) is 51.3 Å². The Balaban J connectivity index is 3.43. The molecule has 1 aromatic carbocycles. The number of esters is 1. The van der Waals surface area contributed by atoms with Crippen LogP contribution in [0.3, 0.4) is 0 Å². The molecule has 154 valence electrons. The van der Waals surface area contributed by atoms with Crippen molar-refractivity contribution in [2.24, 2.45) is 10.8 Å². The largest absolute Gasteiger partial charge is 0.469 e. The summed E-state index contributed by atoms with van der Waals surface area (Å²) < 4.78 is 33.8. The molecule has 7 heteroatoms. The minimum atomic E-state index is -3.92. The van der Waals surface area contributed by atoms with Gasteiger partial charge in [-0.2, -0.15) is 0 Å². The van der Waals surface area contributed by atoms with E-state index in [1.54, 1.807) is 27.7 Å². The molecule has 0 saturated heterocycles. The number of carbonyl (C=O) groups is 1. The van der Waals surface area contributed by atoms with Gasteiger partial charge in [0.2, 0.25) is 10.0 Å². The van der Waals surface area contributed by atoms with Crippen molar-refractivity contribution in [3.05, 3.63) is 28.8 Å². The molecule has 2 N–H and O–H groups in total. The predicted molar refractivity (Wildman–Crippen MR) is 106 cm³/mol. The molecule has 0 aliphatic carbocycles. The topological polar surface area (TPSA) is 92.7 Å². The van der Waals surface area contributed by atoms with Gasteiger partial charge in [-0.1, -0.05) is 38.5 Å². The Morgan fingerprint density at radius 2 is 1.52 bits per heavy atom. The molecule has 0 aromatic heterocycles. The fraction of sp³-hybridized carbons (Fsp3) is 0.650. The highest BCUT2D eigenvalue weighted by Gasteiger charge is 2.47. The molecule has 0 aliphatic rings. The lowest BCUT2D eigenvalue weighted by atomic mass is 9.74. The quantitative estimate of drug-likeness (QED) is 0.718. The van der Waals surface area contributed by atoms with Gasteiger partial charge in [-0.05, 0) is 51.2 Å². The van der Waals surface area contributed by atoms with E-state index in [4.69, 9.17) is 4.74 Å². The second-order valence-corrected chi connectivity index (χ2v) is 10.5. The maximum absolute atomic E-state index is 13.2. The smallest absolute Gasteiger partial charge is 0.313 e. The predicted octanol–water partition coefficient (Wildman–Crippen LogP) is 2.86. The summed E-state index contributed by atoms with van der Waals surface area (Å²) in [5.41, 5.74) is 0.309. The number of benzene rings is 1. The standard InChI is InChI=1S/C20H33NO5S/c1-12-10-13(2)15(14(3)11-12)27(24,25)21-16(19(4,5)6)17(22)20(7,8)18(23)26-9/h10-11,16-17,21-22H,1-9H3/t16-,17-/m1/s1. The molecule has 0 spiro atoms. The van der Waals surface area contributed by atoms with E-state index in [2.05, 4.69) is 4.72 Å². The van der Waals surface area contributed by atoms with Crippen molar-refractivity contribution >= 4 is 16.0 Å². The molecular formula is C20H33NO5S. The highest BCUT2D eigenvalue weighted by Crippen LogP contribution is 2.34. The van der Waals surface area contributed by atoms with E-state index in [-0.39, 0.29) is 4.90 Å². The van der Waals surface area contributed by atoms with Gasteiger partial charge < -0.3 is 9.84 Å². The van der Waals surface area contributed by atoms with Crippen LogP contribution in [0, 0.1) is 31.6 Å². The van der Waals surface area contributed by atoms with E-state index >= 15 is 0 Å². The van der Waals surface area contributed by atoms with Gasteiger partial charge in [0.25, 0.3) is 0 Å². The van der Waals surface area contributed by atoms with Crippen LogP contribution >= 0.6 is 0 Å². The minimum absolute atomic E-state index is 0.199. The number of sulfonamides is 1. The molecule has 0 heterocycles. The Morgan fingerprint density at radius 3 is 1.89 bits per heavy atom. The third-order valence-electron chi connectivity index (χ3n) is 4.86. The van der Waals surface area contributed by atoms with Gasteiger partial charge in [0, 0.05) is 0 Å². The number of methoxy groups -OCH3 is 1. The second kappa shape index (κ2) is 7.89. The molecule has 0 unspecified atom stereocenters. The summed E-state index contributed by atoms with van der Waals surface area (Å²) >= 11 is 0. The van der Waals surface area contributed by atoms with Gasteiger partial charge in [0.15, 0.2) is 0 Å². The van der Waals surface area contributed by atoms with Crippen molar-refractivity contribution in [2.75, 3.05) is 7.11 Å². The third kappa shape index (κ3) is 5.09. The summed E-state index contributed by atoms with van der Waals surface area (Å²) in [4.78, 5) is 12.3. The normalized spacial score (nSPS) is 15.3. The molecule has 0 amide bonds. The van der Waals surface area contributed by atoms with Gasteiger partial charge >= 0.3 is 5.97 Å². The monoisotopic (exact) mass is 399 g/mol. The van der Waals surface area contributed by atoms with Crippen LogP contribution in [-0.2, 0) is 19.6 Å². The zero-order valence-electron chi connectivity index (χ0n) is 17.8. The van der Waals surface area contributed by atoms with Crippen LogP contribution in [0.15, 0.2) is 17.0 Å². The summed E-state index contributed by atoms with van der Waals surface area (Å²) in [7, 11) is -2.68. The van der Waals surface area contributed by atoms with E-state index in [1.165, 1.54) is 7.11 Å². The second-order valence-electron chi connectivity index (χ2n) is 8.85. The first-order valence-corrected chi connectivity index (χ1v) is 10.4. The summed E-state index contributed by atoms with van der Waals surface area (Å²) in [5, 5.41) is 10.9. The summed E-state index contributed by atoms with van der Waals surface area (Å²) in [6.45, 7) is 13.9. The molecular weight excluding hydrogens is 366 g/mol. The number of carbonyl (C=O) groups excluding carboxylic acids is 1. The fourth-order valence-electron chi connectivity index (χ4n) is 3.33. The van der Waals surface area contributed by atoms with Gasteiger partial charge in [-0.25, -0.2) is 13.1 Å². The van der Waals surface area contributed by atoms with Crippen molar-refractivity contribution in [1.82, 2.24) is 4.72 Å². The lowest BCUT2D eigenvalue weighted by Gasteiger charge is -2.40. The molecule has 27 heavy (non-hydrogen) atoms. The average molecular weight is 400 g/mol. The van der Waals surface area contributed by atoms with E-state index in [0.29, 0.717) is 11.1 Å². The van der Waals surface area contributed by atoms with Crippen LogP contribution in [0.4, 0.5) is 0 Å². The highest BCUT2D eigenvalue weighted by atomic mass is 32.2. The molecule has 1 rings (SSSR count). The molecule has 0 radical (unpaired) electrons. The van der Waals surface area contributed by atoms with Crippen LogP contribution in [0.25, 0.3) is 0 Å². The Kier molecular flexibility index (Phi) is 6.90. The van der Waals surface area contributed by atoms with Gasteiger partial charge in [-0.3, -0.25) is 4.79 Å². The number of nitrogens with one attached hydrogen (secondary N) is 1. The first kappa shape index (κ1) is 23.6. The third-order valence-corrected chi connectivity index (χ3v) is 6.60. The molecule has 0 fully saturated rings. The molecule has 0 aliphatic heterocycles. The maximum atomic E-state index is 13.2. The number of hydrogen-bond acceptors (Lipinski definition) is 5. The van der Waals surface area contributed by atoms with Gasteiger partial charge in [-0.15, -0.1) is 0 Å². The van der Waals surface area contributed by atoms with Crippen molar-refractivity contribution < 1.29 is 23.1 Å². The van der Waals surface area contributed by atoms with Crippen molar-refractivity contribution in [1.29, 1.82) is 0 Å². The van der Waals surface area contributed by atoms with Crippen LogP contribution in [0.2, 0.25) is 0 Å². The number of hydrogen-bond donors (Lipinski definition) is 2. The van der Waals surface area contributed by atoms with Gasteiger partial charge in [0.05, 0.1) is 29.6 Å². The Morgan fingerprint density at radius 1 is 1.07 bits per heavy atom. The van der Waals surface area contributed by atoms with E-state index < -0.39 is 39.0 Å². The summed E-state index contributed by atoms with van der Waals surface area (Å²) in [5.74, 6) is -0.605.